The minimum atomic E-state index is -2.78. The van der Waals surface area contributed by atoms with Crippen molar-refractivity contribution in [3.63, 3.8) is 0 Å². The van der Waals surface area contributed by atoms with Gasteiger partial charge in [0.25, 0.3) is 0 Å². The van der Waals surface area contributed by atoms with Gasteiger partial charge < -0.3 is 5.32 Å². The molecule has 0 aromatic rings. The second-order valence-electron chi connectivity index (χ2n) is 4.69. The van der Waals surface area contributed by atoms with Gasteiger partial charge in [0.15, 0.2) is 9.84 Å². The molecule has 1 heterocycles. The van der Waals surface area contributed by atoms with Gasteiger partial charge in [0, 0.05) is 18.6 Å². The SMILES string of the molecule is CCNCCC(C)N1CCS(=O)(=O)CC1C. The zero-order chi connectivity index (χ0) is 12.2. The predicted octanol–water partition coefficient (Wildman–Crippen LogP) is 0.493. The van der Waals surface area contributed by atoms with E-state index in [9.17, 15) is 8.42 Å². The summed E-state index contributed by atoms with van der Waals surface area (Å²) in [5.74, 6) is 0.640. The summed E-state index contributed by atoms with van der Waals surface area (Å²) in [6.45, 7) is 8.99. The molecule has 0 radical (unpaired) electrons. The van der Waals surface area contributed by atoms with E-state index in [1.807, 2.05) is 6.92 Å². The van der Waals surface area contributed by atoms with Gasteiger partial charge in [0.2, 0.25) is 0 Å². The molecular weight excluding hydrogens is 224 g/mol. The van der Waals surface area contributed by atoms with E-state index < -0.39 is 9.84 Å². The van der Waals surface area contributed by atoms with Gasteiger partial charge in [0.05, 0.1) is 11.5 Å². The minimum absolute atomic E-state index is 0.162. The van der Waals surface area contributed by atoms with Gasteiger partial charge in [-0.15, -0.1) is 0 Å². The lowest BCUT2D eigenvalue weighted by atomic mass is 10.1. The maximum atomic E-state index is 11.5. The average molecular weight is 248 g/mol. The number of hydrogen-bond donors (Lipinski definition) is 1. The highest BCUT2D eigenvalue weighted by molar-refractivity contribution is 7.91. The number of sulfone groups is 1. The molecule has 0 aliphatic carbocycles. The van der Waals surface area contributed by atoms with E-state index in [4.69, 9.17) is 0 Å². The Balaban J connectivity index is 2.42. The van der Waals surface area contributed by atoms with Crippen LogP contribution in [-0.2, 0) is 9.84 Å². The zero-order valence-corrected chi connectivity index (χ0v) is 11.4. The van der Waals surface area contributed by atoms with E-state index >= 15 is 0 Å². The lowest BCUT2D eigenvalue weighted by Crippen LogP contribution is -2.51. The van der Waals surface area contributed by atoms with Crippen LogP contribution in [0, 0.1) is 0 Å². The Kier molecular flexibility index (Phi) is 5.21. The van der Waals surface area contributed by atoms with Gasteiger partial charge in [-0.1, -0.05) is 6.92 Å². The van der Waals surface area contributed by atoms with E-state index in [1.165, 1.54) is 0 Å². The lowest BCUT2D eigenvalue weighted by molar-refractivity contribution is 0.161. The predicted molar refractivity (Wildman–Crippen MR) is 67.4 cm³/mol. The Morgan fingerprint density at radius 3 is 2.75 bits per heavy atom. The highest BCUT2D eigenvalue weighted by atomic mass is 32.2. The minimum Gasteiger partial charge on any atom is -0.317 e. The van der Waals surface area contributed by atoms with Gasteiger partial charge in [0.1, 0.15) is 0 Å². The molecule has 0 saturated carbocycles. The molecule has 2 unspecified atom stereocenters. The standard InChI is InChI=1S/C11H24N2O2S/c1-4-12-6-5-10(2)13-7-8-16(14,15)9-11(13)3/h10-12H,4-9H2,1-3H3. The second kappa shape index (κ2) is 5.98. The summed E-state index contributed by atoms with van der Waals surface area (Å²) >= 11 is 0. The van der Waals surface area contributed by atoms with Crippen molar-refractivity contribution >= 4 is 9.84 Å². The monoisotopic (exact) mass is 248 g/mol. The van der Waals surface area contributed by atoms with Crippen molar-refractivity contribution in [3.8, 4) is 0 Å². The van der Waals surface area contributed by atoms with Crippen LogP contribution in [0.3, 0.4) is 0 Å². The molecule has 4 nitrogen and oxygen atoms in total. The first kappa shape index (κ1) is 13.9. The molecule has 0 amide bonds. The van der Waals surface area contributed by atoms with Crippen molar-refractivity contribution in [2.24, 2.45) is 0 Å². The average Bonchev–Trinajstić information content (AvgIpc) is 2.16. The highest BCUT2D eigenvalue weighted by Crippen LogP contribution is 2.16. The molecule has 1 N–H and O–H groups in total. The Bertz CT molecular complexity index is 303. The van der Waals surface area contributed by atoms with Crippen LogP contribution in [0.15, 0.2) is 0 Å². The summed E-state index contributed by atoms with van der Waals surface area (Å²) in [5, 5.41) is 3.30. The van der Waals surface area contributed by atoms with Crippen LogP contribution in [-0.4, -0.2) is 56.5 Å². The largest absolute Gasteiger partial charge is 0.317 e. The quantitative estimate of drug-likeness (QED) is 0.720. The number of nitrogens with zero attached hydrogens (tertiary/aromatic N) is 1. The second-order valence-corrected chi connectivity index (χ2v) is 6.92. The number of rotatable bonds is 5. The maximum absolute atomic E-state index is 11.5. The molecule has 5 heteroatoms. The third-order valence-corrected chi connectivity index (χ3v) is 5.07. The molecule has 0 aromatic carbocycles. The zero-order valence-electron chi connectivity index (χ0n) is 10.6. The van der Waals surface area contributed by atoms with Crippen LogP contribution in [0.1, 0.15) is 27.2 Å². The molecule has 16 heavy (non-hydrogen) atoms. The van der Waals surface area contributed by atoms with Crippen LogP contribution in [0.25, 0.3) is 0 Å². The molecule has 96 valence electrons. The summed E-state index contributed by atoms with van der Waals surface area (Å²) < 4.78 is 22.9. The molecule has 1 saturated heterocycles. The fraction of sp³-hybridized carbons (Fsp3) is 1.00. The molecule has 1 aliphatic rings. The Labute approximate surface area is 99.3 Å². The van der Waals surface area contributed by atoms with Gasteiger partial charge in [-0.05, 0) is 33.4 Å². The van der Waals surface area contributed by atoms with Crippen molar-refractivity contribution in [3.05, 3.63) is 0 Å². The molecule has 1 fully saturated rings. The van der Waals surface area contributed by atoms with Gasteiger partial charge in [-0.25, -0.2) is 8.42 Å². The third kappa shape index (κ3) is 4.03. The summed E-state index contributed by atoms with van der Waals surface area (Å²) in [6.07, 6.45) is 1.08. The van der Waals surface area contributed by atoms with E-state index in [-0.39, 0.29) is 6.04 Å². The fourth-order valence-corrected chi connectivity index (χ4v) is 3.90. The molecular formula is C11H24N2O2S. The van der Waals surface area contributed by atoms with Gasteiger partial charge in [-0.3, -0.25) is 4.90 Å². The smallest absolute Gasteiger partial charge is 0.153 e. The fourth-order valence-electron chi connectivity index (χ4n) is 2.32. The Morgan fingerprint density at radius 1 is 1.50 bits per heavy atom. The van der Waals surface area contributed by atoms with Crippen LogP contribution >= 0.6 is 0 Å². The molecule has 1 rings (SSSR count). The number of nitrogens with one attached hydrogen (secondary N) is 1. The third-order valence-electron chi connectivity index (χ3n) is 3.28. The molecule has 0 aromatic heterocycles. The Morgan fingerprint density at radius 2 is 2.19 bits per heavy atom. The van der Waals surface area contributed by atoms with Crippen LogP contribution in [0.5, 0.6) is 0 Å². The normalized spacial score (nSPS) is 27.8. The molecule has 0 bridgehead atoms. The van der Waals surface area contributed by atoms with Gasteiger partial charge >= 0.3 is 0 Å². The first-order valence-electron chi connectivity index (χ1n) is 6.13. The van der Waals surface area contributed by atoms with Crippen LogP contribution < -0.4 is 5.32 Å². The van der Waals surface area contributed by atoms with Crippen molar-refractivity contribution in [1.29, 1.82) is 0 Å². The molecule has 1 aliphatic heterocycles. The van der Waals surface area contributed by atoms with Crippen LogP contribution in [0.2, 0.25) is 0 Å². The first-order chi connectivity index (χ1) is 7.46. The lowest BCUT2D eigenvalue weighted by Gasteiger charge is -2.37. The molecule has 0 spiro atoms. The van der Waals surface area contributed by atoms with E-state index in [2.05, 4.69) is 24.1 Å². The Hall–Kier alpha value is -0.130. The van der Waals surface area contributed by atoms with E-state index in [1.54, 1.807) is 0 Å². The first-order valence-corrected chi connectivity index (χ1v) is 7.95. The molecule has 2 atom stereocenters. The number of hydrogen-bond acceptors (Lipinski definition) is 4. The van der Waals surface area contributed by atoms with Crippen molar-refractivity contribution < 1.29 is 8.42 Å². The maximum Gasteiger partial charge on any atom is 0.153 e. The highest BCUT2D eigenvalue weighted by Gasteiger charge is 2.30. The summed E-state index contributed by atoms with van der Waals surface area (Å²) in [5.41, 5.74) is 0. The summed E-state index contributed by atoms with van der Waals surface area (Å²) in [4.78, 5) is 2.32. The van der Waals surface area contributed by atoms with E-state index in [0.717, 1.165) is 19.5 Å². The topological polar surface area (TPSA) is 49.4 Å². The van der Waals surface area contributed by atoms with Crippen molar-refractivity contribution in [1.82, 2.24) is 10.2 Å². The van der Waals surface area contributed by atoms with Crippen molar-refractivity contribution in [2.45, 2.75) is 39.3 Å². The summed E-state index contributed by atoms with van der Waals surface area (Å²) in [7, 11) is -2.78. The van der Waals surface area contributed by atoms with Gasteiger partial charge in [-0.2, -0.15) is 0 Å². The van der Waals surface area contributed by atoms with Crippen LogP contribution in [0.4, 0.5) is 0 Å². The van der Waals surface area contributed by atoms with Crippen molar-refractivity contribution in [2.75, 3.05) is 31.1 Å². The summed E-state index contributed by atoms with van der Waals surface area (Å²) in [6, 6.07) is 0.625. The van der Waals surface area contributed by atoms with E-state index in [0.29, 0.717) is 24.1 Å².